The molecule has 9 aliphatic rings. The quantitative estimate of drug-likeness (QED) is 0.0182. The molecular weight excluding hydrogens is 1790 g/mol. The van der Waals surface area contributed by atoms with Gasteiger partial charge in [0.25, 0.3) is 10.0 Å². The van der Waals surface area contributed by atoms with Crippen molar-refractivity contribution in [3.63, 3.8) is 0 Å². The zero-order valence-corrected chi connectivity index (χ0v) is 84.5. The van der Waals surface area contributed by atoms with Crippen molar-refractivity contribution in [3.8, 4) is 0 Å². The van der Waals surface area contributed by atoms with E-state index in [0.717, 1.165) is 216 Å². The van der Waals surface area contributed by atoms with Crippen LogP contribution >= 0.6 is 0 Å². The predicted octanol–water partition coefficient (Wildman–Crippen LogP) is 14.7. The number of nitrogens with zero attached hydrogens (tertiary/aromatic N) is 14. The average Bonchev–Trinajstić information content (AvgIpc) is 1.60. The van der Waals surface area contributed by atoms with E-state index in [2.05, 4.69) is 200 Å². The summed E-state index contributed by atoms with van der Waals surface area (Å²) in [6, 6.07) is 47.8. The molecule has 0 unspecified atom stereocenters. The Morgan fingerprint density at radius 2 is 0.816 bits per heavy atom. The number of fused-ring (bicyclic) bond motifs is 4. The summed E-state index contributed by atoms with van der Waals surface area (Å²) in [6.45, 7) is 31.3. The van der Waals surface area contributed by atoms with Crippen LogP contribution in [0, 0.1) is 59.3 Å². The van der Waals surface area contributed by atoms with Crippen LogP contribution in [-0.2, 0) is 59.2 Å². The predicted molar refractivity (Wildman–Crippen MR) is 560 cm³/mol. The van der Waals surface area contributed by atoms with Crippen LogP contribution in [0.4, 0.5) is 23.3 Å². The molecule has 4 aliphatic heterocycles. The van der Waals surface area contributed by atoms with Gasteiger partial charge in [0.2, 0.25) is 23.6 Å². The van der Waals surface area contributed by atoms with Crippen LogP contribution < -0.4 is 42.5 Å². The first-order valence-electron chi connectivity index (χ1n) is 51.6. The van der Waals surface area contributed by atoms with E-state index in [1.165, 1.54) is 100 Å². The molecule has 141 heavy (non-hydrogen) atoms. The van der Waals surface area contributed by atoms with Crippen LogP contribution in [0.25, 0.3) is 43.6 Å². The number of aliphatic hydroxyl groups is 1. The lowest BCUT2D eigenvalue weighted by molar-refractivity contribution is -0.123. The second kappa shape index (κ2) is 45.7. The van der Waals surface area contributed by atoms with Crippen LogP contribution in [-0.4, -0.2) is 244 Å². The minimum atomic E-state index is -3.56. The molecule has 9 N–H and O–H groups in total. The minimum absolute atomic E-state index is 0.0102. The van der Waals surface area contributed by atoms with Crippen molar-refractivity contribution in [2.45, 2.75) is 263 Å². The van der Waals surface area contributed by atoms with Crippen LogP contribution in [0.3, 0.4) is 0 Å². The van der Waals surface area contributed by atoms with Crippen molar-refractivity contribution in [1.29, 1.82) is 0 Å². The third kappa shape index (κ3) is 25.3. The van der Waals surface area contributed by atoms with Crippen molar-refractivity contribution in [3.05, 3.63) is 215 Å². The fourth-order valence-corrected chi connectivity index (χ4v) is 23.8. The molecule has 20 rings (SSSR count). The minimum Gasteiger partial charge on any atom is -0.384 e. The van der Waals surface area contributed by atoms with Gasteiger partial charge in [-0.05, 0) is 247 Å². The highest BCUT2D eigenvalue weighted by Gasteiger charge is 2.44. The highest BCUT2D eigenvalue weighted by Crippen LogP contribution is 2.43. The first-order valence-corrected chi connectivity index (χ1v) is 53.5. The number of pyridine rings is 2. The highest BCUT2D eigenvalue weighted by atomic mass is 32.2. The SMILES string of the molecule is C=CCn1nc(NCC(=O)NC2CN(C3CCC(C(C)=O)CC3)C2)c2cc(C)ccc21.C=CCn1nc(NCC(=O)NC2CN(C3CCC(C4CCCCC4)CC3)C2)c2cc(C)ccc21.Cc1ccc2c(c1)c(NCC(=O)NC1CN(C3CCC(O)(c4cccc(C)n4)CC3)C1)nn2Cc1ccccc1.Cc1ccc2c(c1)c(NCC(=O)NC1CN(C3CCC(c4ccc(C)nc4)CC3)C1)nn2S(C)(=O)=O. The molecule has 0 bridgehead atoms. The van der Waals surface area contributed by atoms with E-state index in [-0.39, 0.29) is 79.9 Å². The van der Waals surface area contributed by atoms with Gasteiger partial charge in [-0.2, -0.15) is 19.4 Å². The maximum absolute atomic E-state index is 12.8. The van der Waals surface area contributed by atoms with Gasteiger partial charge >= 0.3 is 0 Å². The smallest absolute Gasteiger partial charge is 0.251 e. The summed E-state index contributed by atoms with van der Waals surface area (Å²) < 4.78 is 31.1. The van der Waals surface area contributed by atoms with Gasteiger partial charge in [-0.3, -0.25) is 67.6 Å². The van der Waals surface area contributed by atoms with Crippen molar-refractivity contribution >= 4 is 106 Å². The van der Waals surface area contributed by atoms with Gasteiger partial charge < -0.3 is 47.6 Å². The molecule has 6 aromatic heterocycles. The van der Waals surface area contributed by atoms with Crippen LogP contribution in [0.1, 0.15) is 198 Å². The van der Waals surface area contributed by atoms with Crippen molar-refractivity contribution in [2.24, 2.45) is 17.8 Å². The Bertz CT molecular complexity index is 6310. The number of amides is 4. The van der Waals surface area contributed by atoms with E-state index in [1.54, 1.807) is 13.0 Å². The summed E-state index contributed by atoms with van der Waals surface area (Å²) in [6.07, 6.45) is 31.9. The van der Waals surface area contributed by atoms with E-state index >= 15 is 0 Å². The largest absolute Gasteiger partial charge is 0.384 e. The van der Waals surface area contributed by atoms with Gasteiger partial charge in [0.15, 0.2) is 23.3 Å². The van der Waals surface area contributed by atoms with Gasteiger partial charge in [0.05, 0.1) is 104 Å². The van der Waals surface area contributed by atoms with Crippen molar-refractivity contribution < 1.29 is 37.5 Å². The van der Waals surface area contributed by atoms with Crippen LogP contribution in [0.5, 0.6) is 0 Å². The Labute approximate surface area is 830 Å². The molecule has 4 saturated heterocycles. The standard InChI is InChI=1S/C32H38N6O2.C28H41N5O.C26H34N6O3S.C24H33N5O2/c1-22-11-12-28-27(17-22)31(36-38(28)19-24-8-4-3-5-9-24)33-18-30(39)35-25-20-37(21-25)26-13-15-32(40,16-14-26)29-10-6-7-23(2)34-29;1-3-15-33-26-14-9-20(2)16-25(26)28(31-33)29-17-27(34)30-23-18-32(19-23)24-12-10-22(11-13-24)21-7-5-4-6-8-21;1-17-4-11-24-23(12-17)26(30-32(24)36(3,34)35)28-14-25(33)29-21-15-31(16-21)22-9-7-19(8-10-22)20-6-5-18(2)27-13-20;1-4-11-29-22-10-5-16(2)12-21(22)24(27-29)25-13-23(31)26-19-14-28(15-19)20-8-6-18(7-9-20)17(3)30/h3-12,17,25-26,40H,13-16,18-21H2,1-2H3,(H,33,36)(H,35,39);3,9,14,16,21-24H,1,4-8,10-13,15,17-19H2,2H3,(H,29,31)(H,30,34);4-6,11-13,19,21-22H,7-10,14-16H2,1-3H3,(H,28,30)(H,29,33);4-5,10,12,18-20H,1,6-9,11,13-15H2,2-3H3,(H,25,27)(H,26,31). The first-order chi connectivity index (χ1) is 68.1. The molecule has 5 aliphatic carbocycles. The van der Waals surface area contributed by atoms with Gasteiger partial charge in [-0.1, -0.05) is 133 Å². The summed E-state index contributed by atoms with van der Waals surface area (Å²) in [7, 11) is -3.56. The number of aryl methyl sites for hydroxylation is 6. The molecule has 11 aromatic rings. The van der Waals surface area contributed by atoms with Gasteiger partial charge in [0, 0.05) is 122 Å². The molecule has 9 fully saturated rings. The van der Waals surface area contributed by atoms with E-state index in [9.17, 15) is 37.5 Å². The number of allylic oxidation sites excluding steroid dienone is 2. The average molecular weight is 1940 g/mol. The fourth-order valence-electron chi connectivity index (χ4n) is 23.0. The van der Waals surface area contributed by atoms with Gasteiger partial charge in [0.1, 0.15) is 11.4 Å². The number of ketones is 1. The lowest BCUT2D eigenvalue weighted by Gasteiger charge is -2.48. The Kier molecular flexibility index (Phi) is 32.6. The number of aromatic nitrogens is 10. The van der Waals surface area contributed by atoms with Crippen LogP contribution in [0.2, 0.25) is 0 Å². The topological polar surface area (TPSA) is 346 Å². The van der Waals surface area contributed by atoms with E-state index < -0.39 is 15.6 Å². The number of anilines is 4. The molecule has 4 amide bonds. The lowest BCUT2D eigenvalue weighted by Crippen LogP contribution is -2.63. The number of likely N-dealkylation sites (tertiary alicyclic amines) is 4. The number of nitrogens with one attached hydrogen (secondary N) is 8. The lowest BCUT2D eigenvalue weighted by atomic mass is 9.72. The molecule has 5 saturated carbocycles. The monoisotopic (exact) mass is 1940 g/mol. The second-order valence-corrected chi connectivity index (χ2v) is 43.5. The molecule has 0 atom stereocenters. The summed E-state index contributed by atoms with van der Waals surface area (Å²) in [5, 5.41) is 58.7. The van der Waals surface area contributed by atoms with E-state index in [0.29, 0.717) is 66.2 Å². The maximum atomic E-state index is 12.8. The second-order valence-electron chi connectivity index (χ2n) is 41.7. The third-order valence-electron chi connectivity index (χ3n) is 31.0. The summed E-state index contributed by atoms with van der Waals surface area (Å²) in [5.74, 6) is 5.69. The summed E-state index contributed by atoms with van der Waals surface area (Å²) in [5.41, 5.74) is 12.6. The zero-order valence-electron chi connectivity index (χ0n) is 83.7. The number of hydrogen-bond acceptors (Lipinski definition) is 22. The molecule has 750 valence electrons. The van der Waals surface area contributed by atoms with E-state index in [1.807, 2.05) is 102 Å². The Morgan fingerprint density at radius 3 is 1.23 bits per heavy atom. The molecule has 10 heterocycles. The fraction of sp³-hybridized carbons (Fsp3) is 0.518. The summed E-state index contributed by atoms with van der Waals surface area (Å²) >= 11 is 0. The molecular formula is C110H146N22O8S. The van der Waals surface area contributed by atoms with E-state index in [4.69, 9.17) is 5.10 Å². The number of Topliss-reactive ketones (excluding diaryl/α,β-unsaturated/α-hetero) is 1. The molecule has 0 radical (unpaired) electrons. The summed E-state index contributed by atoms with van der Waals surface area (Å²) in [4.78, 5) is 81.0. The molecule has 30 nitrogen and oxygen atoms in total. The number of hydrogen-bond donors (Lipinski definition) is 9. The molecule has 5 aromatic carbocycles. The van der Waals surface area contributed by atoms with Crippen LogP contribution in [0.15, 0.2) is 165 Å². The number of benzene rings is 5. The maximum Gasteiger partial charge on any atom is 0.251 e. The zero-order chi connectivity index (χ0) is 98.6. The van der Waals surface area contributed by atoms with Gasteiger partial charge in [-0.15, -0.1) is 18.3 Å². The Balaban J connectivity index is 0.000000130. The number of rotatable bonds is 31. The van der Waals surface area contributed by atoms with Crippen molar-refractivity contribution in [2.75, 3.05) is 106 Å². The third-order valence-corrected chi connectivity index (χ3v) is 31.9. The number of carbonyl (C=O) groups excluding carboxylic acids is 5. The molecule has 0 spiro atoms. The Hall–Kier alpha value is -11.7. The normalized spacial score (nSPS) is 22.4. The number of carbonyl (C=O) groups is 5. The molecule has 31 heteroatoms. The van der Waals surface area contributed by atoms with Crippen molar-refractivity contribution in [1.82, 2.24) is 89.4 Å². The Morgan fingerprint density at radius 1 is 0.426 bits per heavy atom. The highest BCUT2D eigenvalue weighted by molar-refractivity contribution is 7.89. The first kappa shape index (κ1) is 101. The van der Waals surface area contributed by atoms with Gasteiger partial charge in [-0.25, -0.2) is 8.42 Å².